The van der Waals surface area contributed by atoms with E-state index in [-0.39, 0.29) is 23.7 Å². The molecule has 1 aromatic heterocycles. The smallest absolute Gasteiger partial charge is 0.341 e. The molecule has 0 aliphatic heterocycles. The van der Waals surface area contributed by atoms with Crippen LogP contribution in [-0.2, 0) is 23.9 Å². The van der Waals surface area contributed by atoms with Crippen molar-refractivity contribution in [2.75, 3.05) is 23.8 Å². The SMILES string of the molecule is CCOC(=O)[C@H]1C(C(=O)Nc2ccc(Cl)cc2)[C@@H]1C(=O)Nc1ccc(-n2ccc(OCC(=O)O)cc2=O)cc1F. The Morgan fingerprint density at radius 3 is 2.25 bits per heavy atom. The molecule has 3 atom stereocenters. The minimum atomic E-state index is -1.21. The van der Waals surface area contributed by atoms with Crippen molar-refractivity contribution in [3.05, 3.63) is 82.0 Å². The fourth-order valence-electron chi connectivity index (χ4n) is 4.13. The second kappa shape index (κ2) is 12.0. The first-order valence-electron chi connectivity index (χ1n) is 12.0. The number of benzene rings is 2. The molecule has 1 fully saturated rings. The third kappa shape index (κ3) is 6.46. The number of esters is 1. The van der Waals surface area contributed by atoms with Crippen LogP contribution in [-0.4, -0.2) is 46.6 Å². The number of ether oxygens (including phenoxy) is 2. The van der Waals surface area contributed by atoms with Crippen molar-refractivity contribution in [2.24, 2.45) is 17.8 Å². The van der Waals surface area contributed by atoms with Gasteiger partial charge in [0.05, 0.1) is 35.7 Å². The van der Waals surface area contributed by atoms with Crippen LogP contribution in [0.15, 0.2) is 65.6 Å². The van der Waals surface area contributed by atoms with Gasteiger partial charge in [-0.05, 0) is 49.4 Å². The zero-order chi connectivity index (χ0) is 29.0. The van der Waals surface area contributed by atoms with E-state index in [1.807, 2.05) is 0 Å². The number of rotatable bonds is 10. The summed E-state index contributed by atoms with van der Waals surface area (Å²) in [4.78, 5) is 61.4. The van der Waals surface area contributed by atoms with Crippen LogP contribution in [0.1, 0.15) is 6.92 Å². The van der Waals surface area contributed by atoms with E-state index in [0.29, 0.717) is 10.7 Å². The molecule has 13 heteroatoms. The average molecular weight is 572 g/mol. The predicted octanol–water partition coefficient (Wildman–Crippen LogP) is 3.10. The van der Waals surface area contributed by atoms with Crippen LogP contribution in [0.25, 0.3) is 5.69 Å². The monoisotopic (exact) mass is 571 g/mol. The number of carboxylic acid groups (broad SMARTS) is 1. The van der Waals surface area contributed by atoms with Crippen molar-refractivity contribution >= 4 is 46.7 Å². The number of carboxylic acids is 1. The number of nitrogens with zero attached hydrogens (tertiary/aromatic N) is 1. The fourth-order valence-corrected chi connectivity index (χ4v) is 4.26. The molecule has 1 aliphatic rings. The quantitative estimate of drug-likeness (QED) is 0.314. The fraction of sp³-hybridized carbons (Fsp3) is 0.222. The van der Waals surface area contributed by atoms with Crippen LogP contribution >= 0.6 is 11.6 Å². The summed E-state index contributed by atoms with van der Waals surface area (Å²) in [5, 5.41) is 14.2. The number of amides is 2. The Bertz CT molecular complexity index is 1520. The van der Waals surface area contributed by atoms with Crippen LogP contribution in [0.3, 0.4) is 0 Å². The van der Waals surface area contributed by atoms with E-state index in [9.17, 15) is 28.4 Å². The molecular weight excluding hydrogens is 549 g/mol. The molecule has 208 valence electrons. The van der Waals surface area contributed by atoms with Gasteiger partial charge in [0.1, 0.15) is 11.6 Å². The summed E-state index contributed by atoms with van der Waals surface area (Å²) in [6, 6.07) is 12.3. The number of halogens is 2. The summed E-state index contributed by atoms with van der Waals surface area (Å²) in [6.07, 6.45) is 1.28. The molecule has 0 saturated heterocycles. The number of hydrogen-bond donors (Lipinski definition) is 3. The Balaban J connectivity index is 1.48. The first-order chi connectivity index (χ1) is 19.1. The van der Waals surface area contributed by atoms with E-state index in [1.54, 1.807) is 31.2 Å². The molecule has 4 rings (SSSR count). The van der Waals surface area contributed by atoms with Crippen molar-refractivity contribution < 1.29 is 38.1 Å². The summed E-state index contributed by atoms with van der Waals surface area (Å²) >= 11 is 5.86. The first kappa shape index (κ1) is 28.3. The zero-order valence-electron chi connectivity index (χ0n) is 20.9. The molecule has 0 radical (unpaired) electrons. The number of pyridine rings is 1. The van der Waals surface area contributed by atoms with E-state index in [2.05, 4.69) is 10.6 Å². The maximum atomic E-state index is 15.0. The number of aromatic nitrogens is 1. The van der Waals surface area contributed by atoms with Gasteiger partial charge in [-0.1, -0.05) is 11.6 Å². The minimum Gasteiger partial charge on any atom is -0.482 e. The highest BCUT2D eigenvalue weighted by molar-refractivity contribution is 6.30. The first-order valence-corrected chi connectivity index (χ1v) is 12.4. The Kier molecular flexibility index (Phi) is 8.49. The Morgan fingerprint density at radius 1 is 0.975 bits per heavy atom. The summed E-state index contributed by atoms with van der Waals surface area (Å²) in [5.74, 6) is -7.27. The highest BCUT2D eigenvalue weighted by Gasteiger charge is 2.63. The lowest BCUT2D eigenvalue weighted by atomic mass is 10.2. The van der Waals surface area contributed by atoms with E-state index >= 15 is 0 Å². The largest absolute Gasteiger partial charge is 0.482 e. The number of anilines is 2. The molecule has 1 aliphatic carbocycles. The van der Waals surface area contributed by atoms with Crippen molar-refractivity contribution in [3.8, 4) is 11.4 Å². The number of nitrogens with one attached hydrogen (secondary N) is 2. The van der Waals surface area contributed by atoms with Crippen molar-refractivity contribution in [3.63, 3.8) is 0 Å². The highest BCUT2D eigenvalue weighted by Crippen LogP contribution is 2.48. The van der Waals surface area contributed by atoms with Gasteiger partial charge in [0.2, 0.25) is 11.8 Å². The lowest BCUT2D eigenvalue weighted by molar-refractivity contribution is -0.146. The van der Waals surface area contributed by atoms with Crippen molar-refractivity contribution in [1.29, 1.82) is 0 Å². The molecule has 3 N–H and O–H groups in total. The maximum absolute atomic E-state index is 15.0. The topological polar surface area (TPSA) is 153 Å². The molecule has 1 heterocycles. The lowest BCUT2D eigenvalue weighted by Gasteiger charge is -2.11. The minimum absolute atomic E-state index is 0.0308. The second-order valence-electron chi connectivity index (χ2n) is 8.73. The highest BCUT2D eigenvalue weighted by atomic mass is 35.5. The molecule has 40 heavy (non-hydrogen) atoms. The second-order valence-corrected chi connectivity index (χ2v) is 9.17. The lowest BCUT2D eigenvalue weighted by Crippen LogP contribution is -2.21. The van der Waals surface area contributed by atoms with Gasteiger partial charge in [0.15, 0.2) is 6.61 Å². The van der Waals surface area contributed by atoms with Crippen LogP contribution in [0, 0.1) is 23.6 Å². The van der Waals surface area contributed by atoms with Gasteiger partial charge in [0, 0.05) is 29.0 Å². The molecule has 2 amide bonds. The van der Waals surface area contributed by atoms with E-state index < -0.39 is 59.5 Å². The maximum Gasteiger partial charge on any atom is 0.341 e. The van der Waals surface area contributed by atoms with Crippen molar-refractivity contribution in [2.45, 2.75) is 6.92 Å². The molecule has 11 nitrogen and oxygen atoms in total. The standard InChI is InChI=1S/C27H23ClFN3O8/c1-2-39-27(38)24-22(25(36)30-15-5-3-14(28)4-6-15)23(24)26(37)31-19-8-7-16(11-18(19)29)32-10-9-17(12-20(32)33)40-13-21(34)35/h3-12,22-24H,2,13H2,1H3,(H,30,36)(H,31,37)(H,34,35)/t22?,23-,24-/m0/s1. The molecule has 0 spiro atoms. The average Bonchev–Trinajstić information content (AvgIpc) is 3.67. The van der Waals surface area contributed by atoms with Gasteiger partial charge < -0.3 is 25.2 Å². The molecule has 0 bridgehead atoms. The van der Waals surface area contributed by atoms with Crippen molar-refractivity contribution in [1.82, 2.24) is 4.57 Å². The van der Waals surface area contributed by atoms with Gasteiger partial charge in [-0.2, -0.15) is 0 Å². The van der Waals surface area contributed by atoms with Crippen LogP contribution in [0.5, 0.6) is 5.75 Å². The molecule has 1 saturated carbocycles. The van der Waals surface area contributed by atoms with Crippen LogP contribution in [0.2, 0.25) is 5.02 Å². The summed E-state index contributed by atoms with van der Waals surface area (Å²) in [5.41, 5.74) is -0.291. The van der Waals surface area contributed by atoms with E-state index in [1.165, 1.54) is 24.4 Å². The predicted molar refractivity (Wildman–Crippen MR) is 141 cm³/mol. The summed E-state index contributed by atoms with van der Waals surface area (Å²) in [7, 11) is 0. The third-order valence-corrected chi connectivity index (χ3v) is 6.29. The third-order valence-electron chi connectivity index (χ3n) is 6.04. The van der Waals surface area contributed by atoms with Gasteiger partial charge in [-0.25, -0.2) is 9.18 Å². The summed E-state index contributed by atoms with van der Waals surface area (Å²) in [6.45, 7) is 1.02. The van der Waals surface area contributed by atoms with Crippen LogP contribution < -0.4 is 20.9 Å². The summed E-state index contributed by atoms with van der Waals surface area (Å²) < 4.78 is 26.0. The van der Waals surface area contributed by atoms with Gasteiger partial charge >= 0.3 is 11.9 Å². The molecule has 1 unspecified atom stereocenters. The van der Waals surface area contributed by atoms with Gasteiger partial charge in [-0.3, -0.25) is 23.7 Å². The normalized spacial score (nSPS) is 17.4. The van der Waals surface area contributed by atoms with Crippen LogP contribution in [0.4, 0.5) is 15.8 Å². The molecule has 2 aromatic carbocycles. The van der Waals surface area contributed by atoms with E-state index in [0.717, 1.165) is 16.7 Å². The number of carbonyl (C=O) groups excluding carboxylic acids is 3. The van der Waals surface area contributed by atoms with Gasteiger partial charge in [0.25, 0.3) is 5.56 Å². The molecular formula is C27H23ClFN3O8. The zero-order valence-corrected chi connectivity index (χ0v) is 21.7. The number of carbonyl (C=O) groups is 4. The Hall–Kier alpha value is -4.71. The Labute approximate surface area is 231 Å². The number of hydrogen-bond acceptors (Lipinski definition) is 7. The van der Waals surface area contributed by atoms with Gasteiger partial charge in [-0.15, -0.1) is 0 Å². The van der Waals surface area contributed by atoms with E-state index in [4.69, 9.17) is 26.2 Å². The Morgan fingerprint density at radius 2 is 1.65 bits per heavy atom. The number of aliphatic carboxylic acids is 1. The molecule has 3 aromatic rings.